The predicted molar refractivity (Wildman–Crippen MR) is 71.5 cm³/mol. The van der Waals surface area contributed by atoms with Crippen LogP contribution in [0.5, 0.6) is 5.75 Å². The van der Waals surface area contributed by atoms with Gasteiger partial charge in [-0.15, -0.1) is 0 Å². The van der Waals surface area contributed by atoms with E-state index < -0.39 is 0 Å². The quantitative estimate of drug-likeness (QED) is 0.836. The Morgan fingerprint density at radius 3 is 2.79 bits per heavy atom. The van der Waals surface area contributed by atoms with E-state index in [2.05, 4.69) is 0 Å². The van der Waals surface area contributed by atoms with Crippen molar-refractivity contribution >= 4 is 16.9 Å². The molecule has 0 spiro atoms. The maximum Gasteiger partial charge on any atom is 0.340 e. The SMILES string of the molecule is COC(=O)c1cn(CCCO)c2ccc(OC)cc12. The highest BCUT2D eigenvalue weighted by atomic mass is 16.5. The van der Waals surface area contributed by atoms with Crippen molar-refractivity contribution in [1.82, 2.24) is 4.57 Å². The van der Waals surface area contributed by atoms with Gasteiger partial charge in [-0.3, -0.25) is 0 Å². The van der Waals surface area contributed by atoms with Crippen molar-refractivity contribution in [1.29, 1.82) is 0 Å². The summed E-state index contributed by atoms with van der Waals surface area (Å²) in [5.74, 6) is 0.318. The molecule has 1 aromatic carbocycles. The molecular weight excluding hydrogens is 246 g/mol. The zero-order valence-corrected chi connectivity index (χ0v) is 11.0. The second-order valence-electron chi connectivity index (χ2n) is 4.19. The van der Waals surface area contributed by atoms with Gasteiger partial charge in [-0.05, 0) is 24.6 Å². The molecule has 0 saturated carbocycles. The van der Waals surface area contributed by atoms with E-state index in [0.29, 0.717) is 24.3 Å². The number of ether oxygens (including phenoxy) is 2. The lowest BCUT2D eigenvalue weighted by Crippen LogP contribution is -2.01. The molecule has 0 bridgehead atoms. The highest BCUT2D eigenvalue weighted by molar-refractivity contribution is 6.04. The van der Waals surface area contributed by atoms with Crippen LogP contribution in [0.15, 0.2) is 24.4 Å². The maximum absolute atomic E-state index is 11.8. The van der Waals surface area contributed by atoms with Crippen LogP contribution in [0.25, 0.3) is 10.9 Å². The molecule has 1 N–H and O–H groups in total. The van der Waals surface area contributed by atoms with Gasteiger partial charge in [-0.25, -0.2) is 4.79 Å². The molecule has 0 radical (unpaired) electrons. The van der Waals surface area contributed by atoms with Gasteiger partial charge in [0.2, 0.25) is 0 Å². The molecule has 0 atom stereocenters. The first-order valence-electron chi connectivity index (χ1n) is 6.07. The van der Waals surface area contributed by atoms with Crippen LogP contribution in [0.2, 0.25) is 0 Å². The molecule has 0 fully saturated rings. The van der Waals surface area contributed by atoms with E-state index in [1.165, 1.54) is 7.11 Å². The number of fused-ring (bicyclic) bond motifs is 1. The monoisotopic (exact) mass is 263 g/mol. The number of carbonyl (C=O) groups is 1. The molecule has 0 aliphatic rings. The molecule has 0 unspecified atom stereocenters. The first-order chi connectivity index (χ1) is 9.21. The molecule has 2 rings (SSSR count). The van der Waals surface area contributed by atoms with Gasteiger partial charge in [-0.1, -0.05) is 0 Å². The number of nitrogens with zero attached hydrogens (tertiary/aromatic N) is 1. The third kappa shape index (κ3) is 2.56. The molecule has 102 valence electrons. The first-order valence-corrected chi connectivity index (χ1v) is 6.07. The summed E-state index contributed by atoms with van der Waals surface area (Å²) in [4.78, 5) is 11.8. The van der Waals surface area contributed by atoms with Gasteiger partial charge in [0.25, 0.3) is 0 Å². The fraction of sp³-hybridized carbons (Fsp3) is 0.357. The van der Waals surface area contributed by atoms with Crippen LogP contribution < -0.4 is 4.74 Å². The standard InChI is InChI=1S/C14H17NO4/c1-18-10-4-5-13-11(8-10)12(14(17)19-2)9-15(13)6-3-7-16/h4-5,8-9,16H,3,6-7H2,1-2H3. The Morgan fingerprint density at radius 1 is 1.37 bits per heavy atom. The van der Waals surface area contributed by atoms with Gasteiger partial charge in [0, 0.05) is 30.3 Å². The number of methoxy groups -OCH3 is 2. The zero-order valence-electron chi connectivity index (χ0n) is 11.0. The number of carbonyl (C=O) groups excluding carboxylic acids is 1. The van der Waals surface area contributed by atoms with Crippen molar-refractivity contribution in [3.8, 4) is 5.75 Å². The van der Waals surface area contributed by atoms with Crippen LogP contribution in [-0.2, 0) is 11.3 Å². The summed E-state index contributed by atoms with van der Waals surface area (Å²) in [5, 5.41) is 9.71. The number of benzene rings is 1. The van der Waals surface area contributed by atoms with Crippen LogP contribution in [0, 0.1) is 0 Å². The number of aryl methyl sites for hydroxylation is 1. The molecule has 1 aromatic heterocycles. The van der Waals surface area contributed by atoms with E-state index in [-0.39, 0.29) is 12.6 Å². The summed E-state index contributed by atoms with van der Waals surface area (Å²) in [6.07, 6.45) is 2.39. The van der Waals surface area contributed by atoms with Gasteiger partial charge in [0.1, 0.15) is 5.75 Å². The molecule has 1 heterocycles. The number of hydrogen-bond acceptors (Lipinski definition) is 4. The third-order valence-electron chi connectivity index (χ3n) is 3.05. The summed E-state index contributed by atoms with van der Waals surface area (Å²) in [5.41, 5.74) is 1.43. The van der Waals surface area contributed by atoms with Crippen molar-refractivity contribution in [2.24, 2.45) is 0 Å². The molecule has 19 heavy (non-hydrogen) atoms. The van der Waals surface area contributed by atoms with Crippen molar-refractivity contribution in [2.45, 2.75) is 13.0 Å². The van der Waals surface area contributed by atoms with Crippen LogP contribution in [0.4, 0.5) is 0 Å². The Kier molecular flexibility index (Phi) is 4.06. The Morgan fingerprint density at radius 2 is 2.16 bits per heavy atom. The van der Waals surface area contributed by atoms with Crippen molar-refractivity contribution in [2.75, 3.05) is 20.8 Å². The average molecular weight is 263 g/mol. The maximum atomic E-state index is 11.8. The van der Waals surface area contributed by atoms with Crippen LogP contribution in [0.3, 0.4) is 0 Å². The first kappa shape index (κ1) is 13.4. The lowest BCUT2D eigenvalue weighted by Gasteiger charge is -2.04. The zero-order chi connectivity index (χ0) is 13.8. The van der Waals surface area contributed by atoms with E-state index in [0.717, 1.165) is 10.9 Å². The third-order valence-corrected chi connectivity index (χ3v) is 3.05. The lowest BCUT2D eigenvalue weighted by atomic mass is 10.1. The highest BCUT2D eigenvalue weighted by Crippen LogP contribution is 2.26. The molecule has 0 aliphatic heterocycles. The number of esters is 1. The van der Waals surface area contributed by atoms with Crippen LogP contribution >= 0.6 is 0 Å². The van der Waals surface area contributed by atoms with E-state index in [4.69, 9.17) is 14.6 Å². The van der Waals surface area contributed by atoms with Gasteiger partial charge in [0.15, 0.2) is 0 Å². The van der Waals surface area contributed by atoms with Crippen molar-refractivity contribution < 1.29 is 19.4 Å². The number of aromatic nitrogens is 1. The minimum absolute atomic E-state index is 0.114. The molecule has 5 heteroatoms. The largest absolute Gasteiger partial charge is 0.497 e. The summed E-state index contributed by atoms with van der Waals surface area (Å²) in [6, 6.07) is 5.56. The average Bonchev–Trinajstić information content (AvgIpc) is 2.82. The van der Waals surface area contributed by atoms with Gasteiger partial charge in [-0.2, -0.15) is 0 Å². The molecule has 5 nitrogen and oxygen atoms in total. The predicted octanol–water partition coefficient (Wildman–Crippen LogP) is 1.82. The smallest absolute Gasteiger partial charge is 0.340 e. The van der Waals surface area contributed by atoms with E-state index in [9.17, 15) is 4.79 Å². The highest BCUT2D eigenvalue weighted by Gasteiger charge is 2.16. The molecular formula is C14H17NO4. The topological polar surface area (TPSA) is 60.7 Å². The molecule has 0 amide bonds. The molecule has 0 aliphatic carbocycles. The minimum atomic E-state index is -0.374. The Bertz CT molecular complexity index is 588. The fourth-order valence-electron chi connectivity index (χ4n) is 2.10. The fourth-order valence-corrected chi connectivity index (χ4v) is 2.10. The number of hydrogen-bond donors (Lipinski definition) is 1. The summed E-state index contributed by atoms with van der Waals surface area (Å²) < 4.78 is 11.9. The number of aliphatic hydroxyl groups excluding tert-OH is 1. The number of aliphatic hydroxyl groups is 1. The van der Waals surface area contributed by atoms with Crippen molar-refractivity contribution in [3.63, 3.8) is 0 Å². The Balaban J connectivity index is 2.55. The Labute approximate surface area is 111 Å². The van der Waals surface area contributed by atoms with Crippen molar-refractivity contribution in [3.05, 3.63) is 30.0 Å². The lowest BCUT2D eigenvalue weighted by molar-refractivity contribution is 0.0602. The Hall–Kier alpha value is -2.01. The van der Waals surface area contributed by atoms with Gasteiger partial charge in [0.05, 0.1) is 19.8 Å². The van der Waals surface area contributed by atoms with Crippen LogP contribution in [0.1, 0.15) is 16.8 Å². The summed E-state index contributed by atoms with van der Waals surface area (Å²) in [6.45, 7) is 0.764. The summed E-state index contributed by atoms with van der Waals surface area (Å²) in [7, 11) is 2.95. The number of rotatable bonds is 5. The summed E-state index contributed by atoms with van der Waals surface area (Å²) >= 11 is 0. The second kappa shape index (κ2) is 5.75. The van der Waals surface area contributed by atoms with Crippen LogP contribution in [-0.4, -0.2) is 36.5 Å². The molecule has 2 aromatic rings. The van der Waals surface area contributed by atoms with E-state index in [1.54, 1.807) is 13.3 Å². The normalized spacial score (nSPS) is 10.7. The van der Waals surface area contributed by atoms with E-state index in [1.807, 2.05) is 22.8 Å². The second-order valence-corrected chi connectivity index (χ2v) is 4.19. The molecule has 0 saturated heterocycles. The minimum Gasteiger partial charge on any atom is -0.497 e. The van der Waals surface area contributed by atoms with E-state index >= 15 is 0 Å². The van der Waals surface area contributed by atoms with Gasteiger partial charge < -0.3 is 19.1 Å². The van der Waals surface area contributed by atoms with Gasteiger partial charge >= 0.3 is 5.97 Å².